The van der Waals surface area contributed by atoms with Crippen molar-refractivity contribution in [2.75, 3.05) is 15.5 Å². The molecule has 13 nitrogen and oxygen atoms in total. The zero-order valence-electron chi connectivity index (χ0n) is 46.0. The minimum Gasteiger partial charge on any atom is -0.399 e. The molecule has 0 saturated carbocycles. The maximum absolute atomic E-state index is 12.1. The number of hydrogen-bond donors (Lipinski definition) is 2. The van der Waals surface area contributed by atoms with E-state index in [1.807, 2.05) is 24.3 Å². The molecule has 0 bridgehead atoms. The molecule has 3 aromatic carbocycles. The second kappa shape index (κ2) is 18.4. The van der Waals surface area contributed by atoms with Crippen molar-refractivity contribution in [3.63, 3.8) is 0 Å². The molecule has 3 saturated heterocycles. The van der Waals surface area contributed by atoms with Crippen molar-refractivity contribution in [3.05, 3.63) is 98.8 Å². The summed E-state index contributed by atoms with van der Waals surface area (Å²) in [5, 5.41) is 24.6. The van der Waals surface area contributed by atoms with E-state index >= 15 is 0 Å². The number of benzene rings is 3. The zero-order valence-corrected chi connectivity index (χ0v) is 46.0. The van der Waals surface area contributed by atoms with Gasteiger partial charge in [-0.2, -0.15) is 0 Å². The van der Waals surface area contributed by atoms with Crippen molar-refractivity contribution in [2.24, 2.45) is 0 Å². The van der Waals surface area contributed by atoms with Gasteiger partial charge in [-0.25, -0.2) is 4.39 Å². The van der Waals surface area contributed by atoms with Gasteiger partial charge in [-0.3, -0.25) is 20.2 Å². The first-order valence-corrected chi connectivity index (χ1v) is 23.7. The molecule has 384 valence electrons. The Morgan fingerprint density at radius 2 is 0.676 bits per heavy atom. The number of anilines is 3. The third-order valence-corrected chi connectivity index (χ3v) is 16.8. The number of nitrogen functional groups attached to an aromatic ring is 1. The molecule has 6 rings (SSSR count). The largest absolute Gasteiger partial charge is 0.399 e. The molecule has 0 amide bonds. The van der Waals surface area contributed by atoms with Gasteiger partial charge in [0.25, 0.3) is 11.4 Å². The number of non-ortho nitro benzene ring substituents is 2. The van der Waals surface area contributed by atoms with Gasteiger partial charge in [-0.05, 0) is 215 Å². The van der Waals surface area contributed by atoms with Gasteiger partial charge in [0.2, 0.25) is 0 Å². The molecule has 3 N–H and O–H groups in total. The van der Waals surface area contributed by atoms with Crippen LogP contribution in [0.2, 0.25) is 0 Å². The monoisotopic (exact) mass is 953 g/mol. The van der Waals surface area contributed by atoms with Gasteiger partial charge in [0.05, 0.1) is 65.6 Å². The van der Waals surface area contributed by atoms with E-state index in [0.717, 1.165) is 35.6 Å². The topological polar surface area (TPSA) is 158 Å². The Morgan fingerprint density at radius 3 is 0.926 bits per heavy atom. The number of halogens is 1. The molecule has 0 unspecified atom stereocenters. The van der Waals surface area contributed by atoms with E-state index in [1.165, 1.54) is 5.69 Å². The Morgan fingerprint density at radius 1 is 0.441 bits per heavy atom. The molecule has 3 aliphatic heterocycles. The highest BCUT2D eigenvalue weighted by atomic mass is 19.1. The Labute approximate surface area is 409 Å². The number of nitrogens with two attached hydrogens (primary N) is 1. The summed E-state index contributed by atoms with van der Waals surface area (Å²) in [6.45, 7) is 52.1. The summed E-state index contributed by atoms with van der Waals surface area (Å²) in [6.07, 6.45) is 0. The molecular formula is C54H89FN6O7. The smallest absolute Gasteiger partial charge is 0.269 e. The summed E-state index contributed by atoms with van der Waals surface area (Å²) in [4.78, 5) is 24.8. The van der Waals surface area contributed by atoms with Crippen molar-refractivity contribution in [3.8, 4) is 0 Å². The minimum atomic E-state index is -0.570. The summed E-state index contributed by atoms with van der Waals surface area (Å²) in [5.41, 5.74) is 6.32. The number of nitro benzene ring substituents is 2. The first-order valence-electron chi connectivity index (χ1n) is 23.7. The van der Waals surface area contributed by atoms with Gasteiger partial charge < -0.3 is 35.1 Å². The Hall–Kier alpha value is -4.37. The molecule has 0 aromatic heterocycles. The van der Waals surface area contributed by atoms with Crippen LogP contribution in [0.25, 0.3) is 0 Å². The standard InChI is InChI=1S/C18H28N2O3.C18H30N2O.C12H25NO.C6H4FNO2.H2/c1-15(2)17(5,6)23-18(7,8)16(3,4)19(15)13-9-11-14(12-10-13)20(21)22;1-15(2)17(5,6)21-18(7,8)16(3,4)20(15)14-11-9-13(19)10-12-14;1-9(2)11(5,6)14-12(7,8)10(3,4)13-9;7-5-1-3-6(4-2-5)8(9)10;/h9-12H,1-8H3;9-12H,19H2,1-8H3;13H,1-8H3;1-4H;1H. The quantitative estimate of drug-likeness (QED) is 0.146. The number of nitrogens with zero attached hydrogens (tertiary/aromatic N) is 4. The van der Waals surface area contributed by atoms with E-state index < -0.39 is 10.7 Å². The average molecular weight is 953 g/mol. The van der Waals surface area contributed by atoms with Gasteiger partial charge in [0, 0.05) is 53.8 Å². The molecule has 0 radical (unpaired) electrons. The van der Waals surface area contributed by atoms with E-state index in [1.54, 1.807) is 12.1 Å². The fourth-order valence-electron chi connectivity index (χ4n) is 9.43. The van der Waals surface area contributed by atoms with Crippen LogP contribution in [0.3, 0.4) is 0 Å². The summed E-state index contributed by atoms with van der Waals surface area (Å²) >= 11 is 0. The van der Waals surface area contributed by atoms with Crippen LogP contribution in [-0.4, -0.2) is 76.7 Å². The maximum Gasteiger partial charge on any atom is 0.269 e. The van der Waals surface area contributed by atoms with Crippen molar-refractivity contribution in [2.45, 2.75) is 233 Å². The molecule has 3 aromatic rings. The van der Waals surface area contributed by atoms with Crippen LogP contribution in [0.15, 0.2) is 72.8 Å². The van der Waals surface area contributed by atoms with Crippen LogP contribution in [0.1, 0.15) is 168 Å². The second-order valence-electron chi connectivity index (χ2n) is 24.7. The van der Waals surface area contributed by atoms with Gasteiger partial charge in [-0.15, -0.1) is 0 Å². The van der Waals surface area contributed by atoms with Crippen LogP contribution in [-0.2, 0) is 14.2 Å². The lowest BCUT2D eigenvalue weighted by Gasteiger charge is -2.67. The Kier molecular flexibility index (Phi) is 15.7. The summed E-state index contributed by atoms with van der Waals surface area (Å²) < 4.78 is 31.3. The van der Waals surface area contributed by atoms with E-state index in [-0.39, 0.29) is 84.6 Å². The molecule has 0 spiro atoms. The van der Waals surface area contributed by atoms with Crippen molar-refractivity contribution < 1.29 is 29.9 Å². The number of hydrogen-bond acceptors (Lipinski definition) is 11. The van der Waals surface area contributed by atoms with Crippen LogP contribution in [0.5, 0.6) is 0 Å². The Balaban J connectivity index is 0.000000328. The number of rotatable bonds is 4. The first-order chi connectivity index (χ1) is 30.2. The Bertz CT molecular complexity index is 2150. The lowest BCUT2D eigenvalue weighted by molar-refractivity contribution is -0.385. The lowest BCUT2D eigenvalue weighted by Crippen LogP contribution is -2.78. The summed E-state index contributed by atoms with van der Waals surface area (Å²) in [6, 6.07) is 19.3. The SMILES string of the molecule is CC1(C)NC(C)(C)C(C)(C)OC1(C)C.CC1(C)OC(C)(C)C(C)(C)N(c2ccc(N)cc2)C1(C)C.CC1(C)OC(C)(C)C(C)(C)N(c2ccc([N+](=O)[O-])cc2)C1(C)C.O=[N+]([O-])c1ccc(F)cc1.[HH]. The van der Waals surface area contributed by atoms with Crippen molar-refractivity contribution >= 4 is 28.4 Å². The van der Waals surface area contributed by atoms with Gasteiger partial charge in [0.1, 0.15) is 5.82 Å². The predicted molar refractivity (Wildman–Crippen MR) is 279 cm³/mol. The van der Waals surface area contributed by atoms with Crippen LogP contribution >= 0.6 is 0 Å². The van der Waals surface area contributed by atoms with Crippen LogP contribution < -0.4 is 20.9 Å². The molecule has 3 heterocycles. The summed E-state index contributed by atoms with van der Waals surface area (Å²) in [5.74, 6) is -0.467. The van der Waals surface area contributed by atoms with E-state index in [0.29, 0.717) is 0 Å². The normalized spacial score (nSPS) is 24.2. The van der Waals surface area contributed by atoms with Crippen molar-refractivity contribution in [1.29, 1.82) is 0 Å². The molecule has 0 aliphatic carbocycles. The minimum absolute atomic E-state index is 0. The molecule has 3 fully saturated rings. The third-order valence-electron chi connectivity index (χ3n) is 16.8. The molecular weight excluding hydrogens is 864 g/mol. The van der Waals surface area contributed by atoms with Gasteiger partial charge in [0.15, 0.2) is 0 Å². The van der Waals surface area contributed by atoms with E-state index in [4.69, 9.17) is 19.9 Å². The van der Waals surface area contributed by atoms with Gasteiger partial charge in [-0.1, -0.05) is 0 Å². The number of ether oxygens (including phenoxy) is 3. The molecule has 68 heavy (non-hydrogen) atoms. The highest BCUT2D eigenvalue weighted by molar-refractivity contribution is 5.59. The van der Waals surface area contributed by atoms with Crippen molar-refractivity contribution in [1.82, 2.24) is 5.32 Å². The lowest BCUT2D eigenvalue weighted by atomic mass is 9.71. The van der Waals surface area contributed by atoms with Crippen LogP contribution in [0, 0.1) is 26.0 Å². The number of nitrogens with one attached hydrogen (secondary N) is 1. The average Bonchev–Trinajstić information content (AvgIpc) is 3.13. The molecule has 14 heteroatoms. The maximum atomic E-state index is 12.1. The molecule has 3 aliphatic rings. The highest BCUT2D eigenvalue weighted by Crippen LogP contribution is 2.53. The fraction of sp³-hybridized carbons (Fsp3) is 0.667. The van der Waals surface area contributed by atoms with Gasteiger partial charge >= 0.3 is 0 Å². The summed E-state index contributed by atoms with van der Waals surface area (Å²) in [7, 11) is 0. The molecule has 0 atom stereocenters. The predicted octanol–water partition coefficient (Wildman–Crippen LogP) is 13.5. The van der Waals surface area contributed by atoms with E-state index in [9.17, 15) is 24.6 Å². The first kappa shape index (κ1) is 57.9. The highest BCUT2D eigenvalue weighted by Gasteiger charge is 2.62. The zero-order chi connectivity index (χ0) is 53.1. The second-order valence-corrected chi connectivity index (χ2v) is 24.7. The third kappa shape index (κ3) is 11.0. The fourth-order valence-corrected chi connectivity index (χ4v) is 9.43. The number of nitro groups is 2. The van der Waals surface area contributed by atoms with Crippen LogP contribution in [0.4, 0.5) is 32.8 Å². The number of morpholine rings is 3. The van der Waals surface area contributed by atoms with E-state index in [2.05, 4.69) is 193 Å².